The van der Waals surface area contributed by atoms with Gasteiger partial charge in [0, 0.05) is 24.1 Å². The molecule has 0 saturated carbocycles. The normalized spacial score (nSPS) is 13.8. The van der Waals surface area contributed by atoms with Crippen molar-refractivity contribution in [2.24, 2.45) is 0 Å². The van der Waals surface area contributed by atoms with Crippen molar-refractivity contribution in [1.29, 1.82) is 5.26 Å². The monoisotopic (exact) mass is 235 g/mol. The number of hydrogen-bond acceptors (Lipinski definition) is 3. The number of benzene rings is 1. The Labute approximate surface area is 106 Å². The Bertz CT molecular complexity index is 613. The van der Waals surface area contributed by atoms with Gasteiger partial charge < -0.3 is 4.90 Å². The minimum atomic E-state index is 0.468. The summed E-state index contributed by atoms with van der Waals surface area (Å²) in [7, 11) is 0. The third kappa shape index (κ3) is 1.82. The van der Waals surface area contributed by atoms with Crippen molar-refractivity contribution in [3.63, 3.8) is 0 Å². The summed E-state index contributed by atoms with van der Waals surface area (Å²) in [5.41, 5.74) is 4.14. The Morgan fingerprint density at radius 2 is 2.11 bits per heavy atom. The summed E-state index contributed by atoms with van der Waals surface area (Å²) in [6.07, 6.45) is 3.97. The number of nitrogens with zero attached hydrogens (tertiary/aromatic N) is 3. The van der Waals surface area contributed by atoms with Gasteiger partial charge in [-0.05, 0) is 36.6 Å². The van der Waals surface area contributed by atoms with Gasteiger partial charge in [0.25, 0.3) is 0 Å². The van der Waals surface area contributed by atoms with Gasteiger partial charge in [0.05, 0.1) is 0 Å². The van der Waals surface area contributed by atoms with Crippen LogP contribution in [0, 0.1) is 11.3 Å². The second-order valence-electron chi connectivity index (χ2n) is 4.39. The Hall–Kier alpha value is -2.34. The molecule has 1 aliphatic rings. The molecule has 0 unspecified atom stereocenters. The number of para-hydroxylation sites is 1. The molecular formula is C15H13N3. The molecule has 1 aliphatic heterocycles. The van der Waals surface area contributed by atoms with E-state index >= 15 is 0 Å². The molecule has 0 spiro atoms. The first kappa shape index (κ1) is 10.8. The van der Waals surface area contributed by atoms with E-state index in [1.807, 2.05) is 12.1 Å². The van der Waals surface area contributed by atoms with Crippen molar-refractivity contribution in [2.75, 3.05) is 11.4 Å². The minimum Gasteiger partial charge on any atom is -0.341 e. The largest absolute Gasteiger partial charge is 0.341 e. The van der Waals surface area contributed by atoms with E-state index in [4.69, 9.17) is 5.26 Å². The molecule has 0 amide bonds. The van der Waals surface area contributed by atoms with Crippen LogP contribution in [0.1, 0.15) is 17.7 Å². The number of fused-ring (bicyclic) bond motifs is 1. The molecular weight excluding hydrogens is 222 g/mol. The number of anilines is 2. The van der Waals surface area contributed by atoms with Crippen LogP contribution in [0.5, 0.6) is 0 Å². The highest BCUT2D eigenvalue weighted by molar-refractivity contribution is 5.68. The highest BCUT2D eigenvalue weighted by Crippen LogP contribution is 2.32. The average molecular weight is 235 g/mol. The van der Waals surface area contributed by atoms with Crippen LogP contribution < -0.4 is 4.90 Å². The van der Waals surface area contributed by atoms with Crippen molar-refractivity contribution >= 4 is 11.4 Å². The number of aromatic nitrogens is 1. The summed E-state index contributed by atoms with van der Waals surface area (Å²) in [6, 6.07) is 14.4. The lowest BCUT2D eigenvalue weighted by molar-refractivity contribution is 0.766. The quantitative estimate of drug-likeness (QED) is 0.762. The van der Waals surface area contributed by atoms with Crippen LogP contribution in [-0.2, 0) is 6.42 Å². The molecule has 3 heteroatoms. The standard InChI is InChI=1S/C15H13N3/c16-11-13-10-14(7-8-17-13)18-9-3-5-12-4-1-2-6-15(12)18/h1-2,4,6-8,10H,3,5,9H2. The maximum atomic E-state index is 8.92. The van der Waals surface area contributed by atoms with Gasteiger partial charge in [-0.1, -0.05) is 18.2 Å². The first-order chi connectivity index (χ1) is 8.88. The maximum Gasteiger partial charge on any atom is 0.142 e. The van der Waals surface area contributed by atoms with Gasteiger partial charge >= 0.3 is 0 Å². The molecule has 18 heavy (non-hydrogen) atoms. The zero-order valence-corrected chi connectivity index (χ0v) is 10.0. The number of hydrogen-bond donors (Lipinski definition) is 0. The lowest BCUT2D eigenvalue weighted by Crippen LogP contribution is -2.24. The van der Waals surface area contributed by atoms with Crippen molar-refractivity contribution in [3.05, 3.63) is 53.9 Å². The fourth-order valence-corrected chi connectivity index (χ4v) is 2.45. The Kier molecular flexibility index (Phi) is 2.70. The van der Waals surface area contributed by atoms with E-state index in [9.17, 15) is 0 Å². The predicted octanol–water partition coefficient (Wildman–Crippen LogP) is 3.04. The van der Waals surface area contributed by atoms with E-state index < -0.39 is 0 Å². The highest BCUT2D eigenvalue weighted by Gasteiger charge is 2.17. The summed E-state index contributed by atoms with van der Waals surface area (Å²) < 4.78 is 0. The predicted molar refractivity (Wildman–Crippen MR) is 70.7 cm³/mol. The van der Waals surface area contributed by atoms with Crippen LogP contribution in [0.3, 0.4) is 0 Å². The van der Waals surface area contributed by atoms with E-state index in [1.165, 1.54) is 11.3 Å². The molecule has 0 atom stereocenters. The molecule has 3 nitrogen and oxygen atoms in total. The zero-order valence-electron chi connectivity index (χ0n) is 10.0. The molecule has 0 N–H and O–H groups in total. The lowest BCUT2D eigenvalue weighted by Gasteiger charge is -2.31. The second-order valence-corrected chi connectivity index (χ2v) is 4.39. The molecule has 1 aromatic heterocycles. The third-order valence-electron chi connectivity index (χ3n) is 3.28. The number of pyridine rings is 1. The van der Waals surface area contributed by atoms with Gasteiger partial charge in [-0.25, -0.2) is 4.98 Å². The number of aryl methyl sites for hydroxylation is 1. The van der Waals surface area contributed by atoms with Gasteiger partial charge in [0.2, 0.25) is 0 Å². The van der Waals surface area contributed by atoms with Crippen LogP contribution in [-0.4, -0.2) is 11.5 Å². The molecule has 0 radical (unpaired) electrons. The SMILES string of the molecule is N#Cc1cc(N2CCCc3ccccc32)ccn1. The molecule has 0 bridgehead atoms. The Morgan fingerprint density at radius 3 is 3.00 bits per heavy atom. The fraction of sp³-hybridized carbons (Fsp3) is 0.200. The number of rotatable bonds is 1. The summed E-state index contributed by atoms with van der Waals surface area (Å²) in [5.74, 6) is 0. The van der Waals surface area contributed by atoms with Crippen LogP contribution in [0.25, 0.3) is 0 Å². The van der Waals surface area contributed by atoms with Crippen molar-refractivity contribution in [3.8, 4) is 6.07 Å². The molecule has 3 rings (SSSR count). The average Bonchev–Trinajstić information content (AvgIpc) is 2.47. The Balaban J connectivity index is 2.06. The van der Waals surface area contributed by atoms with Crippen molar-refractivity contribution in [1.82, 2.24) is 4.98 Å². The summed E-state index contributed by atoms with van der Waals surface area (Å²) in [5, 5.41) is 8.92. The number of nitriles is 1. The molecule has 0 saturated heterocycles. The third-order valence-corrected chi connectivity index (χ3v) is 3.28. The zero-order chi connectivity index (χ0) is 12.4. The molecule has 88 valence electrons. The van der Waals surface area contributed by atoms with Gasteiger partial charge in [0.15, 0.2) is 0 Å². The topological polar surface area (TPSA) is 39.9 Å². The van der Waals surface area contributed by atoms with Crippen LogP contribution >= 0.6 is 0 Å². The molecule has 0 fully saturated rings. The van der Waals surface area contributed by atoms with Gasteiger partial charge in [-0.2, -0.15) is 5.26 Å². The fourth-order valence-electron chi connectivity index (χ4n) is 2.45. The van der Waals surface area contributed by atoms with E-state index in [1.54, 1.807) is 6.20 Å². The summed E-state index contributed by atoms with van der Waals surface area (Å²) >= 11 is 0. The highest BCUT2D eigenvalue weighted by atomic mass is 15.1. The molecule has 0 aliphatic carbocycles. The molecule has 1 aromatic carbocycles. The van der Waals surface area contributed by atoms with Gasteiger partial charge in [-0.15, -0.1) is 0 Å². The van der Waals surface area contributed by atoms with Crippen LogP contribution in [0.2, 0.25) is 0 Å². The van der Waals surface area contributed by atoms with E-state index in [0.717, 1.165) is 25.1 Å². The van der Waals surface area contributed by atoms with Crippen molar-refractivity contribution in [2.45, 2.75) is 12.8 Å². The Morgan fingerprint density at radius 1 is 1.22 bits per heavy atom. The second kappa shape index (κ2) is 4.50. The summed E-state index contributed by atoms with van der Waals surface area (Å²) in [4.78, 5) is 6.29. The first-order valence-corrected chi connectivity index (χ1v) is 6.10. The van der Waals surface area contributed by atoms with Gasteiger partial charge in [0.1, 0.15) is 11.8 Å². The molecule has 2 aromatic rings. The first-order valence-electron chi connectivity index (χ1n) is 6.10. The van der Waals surface area contributed by atoms with Crippen LogP contribution in [0.15, 0.2) is 42.6 Å². The lowest BCUT2D eigenvalue weighted by atomic mass is 10.0. The minimum absolute atomic E-state index is 0.468. The van der Waals surface area contributed by atoms with Crippen LogP contribution in [0.4, 0.5) is 11.4 Å². The van der Waals surface area contributed by atoms with E-state index in [2.05, 4.69) is 40.2 Å². The van der Waals surface area contributed by atoms with E-state index in [0.29, 0.717) is 5.69 Å². The van der Waals surface area contributed by atoms with Crippen molar-refractivity contribution < 1.29 is 0 Å². The van der Waals surface area contributed by atoms with Gasteiger partial charge in [-0.3, -0.25) is 0 Å². The molecule has 2 heterocycles. The maximum absolute atomic E-state index is 8.92. The smallest absolute Gasteiger partial charge is 0.142 e. The summed E-state index contributed by atoms with van der Waals surface area (Å²) in [6.45, 7) is 0.992. The van der Waals surface area contributed by atoms with E-state index in [-0.39, 0.29) is 0 Å².